The Morgan fingerprint density at radius 2 is 0.533 bits per heavy atom. The molecule has 0 amide bonds. The van der Waals surface area contributed by atoms with Gasteiger partial charge in [0.2, 0.25) is 0 Å². The van der Waals surface area contributed by atoms with Gasteiger partial charge >= 0.3 is 0 Å². The minimum Gasteiger partial charge on any atom is -0.0776 e. The lowest BCUT2D eigenvalue weighted by molar-refractivity contribution is 0.209. The molecule has 4 fully saturated rings. The maximum absolute atomic E-state index is 2.43. The summed E-state index contributed by atoms with van der Waals surface area (Å²) >= 11 is 0. The van der Waals surface area contributed by atoms with Crippen LogP contribution >= 0.6 is 0 Å². The van der Waals surface area contributed by atoms with Gasteiger partial charge in [-0.1, -0.05) is 247 Å². The van der Waals surface area contributed by atoms with Crippen molar-refractivity contribution in [2.24, 2.45) is 35.5 Å². The maximum Gasteiger partial charge on any atom is -0.0411 e. The predicted octanol–water partition coefficient (Wildman–Crippen LogP) is 18.2. The molecule has 0 saturated heterocycles. The quantitative estimate of drug-likeness (QED) is 0.280. The molecule has 0 spiro atoms. The van der Waals surface area contributed by atoms with Crippen molar-refractivity contribution in [2.45, 2.75) is 259 Å². The lowest BCUT2D eigenvalue weighted by Gasteiger charge is -2.31. The van der Waals surface area contributed by atoms with Crippen LogP contribution in [0.1, 0.15) is 259 Å². The molecule has 0 unspecified atom stereocenters. The fourth-order valence-electron chi connectivity index (χ4n) is 7.23. The first-order chi connectivity index (χ1) is 19.9. The van der Waals surface area contributed by atoms with Gasteiger partial charge in [-0.05, 0) is 48.3 Å². The van der Waals surface area contributed by atoms with E-state index < -0.39 is 0 Å². The Hall–Kier alpha value is 0. The van der Waals surface area contributed by atoms with Crippen LogP contribution in [0.2, 0.25) is 0 Å². The molecule has 0 radical (unpaired) electrons. The maximum atomic E-state index is 2.43. The van der Waals surface area contributed by atoms with E-state index in [-0.39, 0.29) is 29.7 Å². The molecular weight excluding hydrogens is 540 g/mol. The fraction of sp³-hybridized carbons (Fsp3) is 1.00. The van der Waals surface area contributed by atoms with Gasteiger partial charge in [0, 0.05) is 0 Å². The van der Waals surface area contributed by atoms with Gasteiger partial charge in [0.05, 0.1) is 0 Å². The van der Waals surface area contributed by atoms with Gasteiger partial charge < -0.3 is 0 Å². The Labute approximate surface area is 294 Å². The first-order valence-electron chi connectivity index (χ1n) is 19.9. The molecule has 0 bridgehead atoms. The number of hydrogen-bond donors (Lipinski definition) is 0. The average Bonchev–Trinajstić information content (AvgIpc) is 2.98. The van der Waals surface area contributed by atoms with Gasteiger partial charge in [0.1, 0.15) is 0 Å². The number of hydrogen-bond acceptors (Lipinski definition) is 0. The lowest BCUT2D eigenvalue weighted by atomic mass is 9.74. The molecule has 4 aliphatic carbocycles. The summed E-state index contributed by atoms with van der Waals surface area (Å²) in [5.74, 6) is 6.54. The van der Waals surface area contributed by atoms with Crippen molar-refractivity contribution < 1.29 is 0 Å². The molecule has 45 heavy (non-hydrogen) atoms. The van der Waals surface area contributed by atoms with Gasteiger partial charge in [-0.15, -0.1) is 0 Å². The third-order valence-corrected chi connectivity index (χ3v) is 9.46. The van der Waals surface area contributed by atoms with E-state index in [4.69, 9.17) is 0 Å². The van der Waals surface area contributed by atoms with Crippen molar-refractivity contribution in [1.82, 2.24) is 0 Å². The van der Waals surface area contributed by atoms with Crippen LogP contribution in [0.15, 0.2) is 0 Å². The van der Waals surface area contributed by atoms with Crippen LogP contribution in [0.5, 0.6) is 0 Å². The highest BCUT2D eigenvalue weighted by Crippen LogP contribution is 2.38. The standard InChI is InChI=1S/C15H28.C14H26.4C3H8.4CH4/c1-2-13-8-10-15(11-9-13)12-14-6-4-3-5-7-14;1-12-7-9-14(10-8-12)11-13-5-3-2-4-6-13;4*1-3-2;;;;/h13-15H,2-12H2,1H3;12-14H,2-11H2,1H3;4*3H2,1-2H3;4*1H4. The fourth-order valence-corrected chi connectivity index (χ4v) is 7.23. The van der Waals surface area contributed by atoms with Crippen LogP contribution in [0.25, 0.3) is 0 Å². The van der Waals surface area contributed by atoms with Crippen molar-refractivity contribution in [1.29, 1.82) is 0 Å². The summed E-state index contributed by atoms with van der Waals surface area (Å²) in [7, 11) is 0. The van der Waals surface area contributed by atoms with Crippen molar-refractivity contribution >= 4 is 0 Å². The first-order valence-corrected chi connectivity index (χ1v) is 19.9. The zero-order valence-corrected chi connectivity index (χ0v) is 31.1. The van der Waals surface area contributed by atoms with Gasteiger partial charge in [0.15, 0.2) is 0 Å². The second-order valence-electron chi connectivity index (χ2n) is 14.7. The van der Waals surface area contributed by atoms with Gasteiger partial charge in [0.25, 0.3) is 0 Å². The third-order valence-electron chi connectivity index (χ3n) is 9.46. The Morgan fingerprint density at radius 3 is 0.800 bits per heavy atom. The summed E-state index contributed by atoms with van der Waals surface area (Å²) in [6, 6.07) is 0. The predicted molar refractivity (Wildman–Crippen MR) is 220 cm³/mol. The Bertz CT molecular complexity index is 431. The molecule has 4 saturated carbocycles. The number of rotatable bonds is 5. The smallest absolute Gasteiger partial charge is 0.0411 e. The van der Waals surface area contributed by atoms with E-state index in [1.165, 1.54) is 109 Å². The second-order valence-corrected chi connectivity index (χ2v) is 14.7. The molecule has 0 aliphatic heterocycles. The summed E-state index contributed by atoms with van der Waals surface area (Å²) in [5, 5.41) is 0. The summed E-state index contributed by atoms with van der Waals surface area (Å²) in [4.78, 5) is 0. The molecule has 282 valence electrons. The molecule has 0 aromatic rings. The van der Waals surface area contributed by atoms with Crippen molar-refractivity contribution in [3.8, 4) is 0 Å². The van der Waals surface area contributed by atoms with E-state index in [0.717, 1.165) is 35.5 Å². The molecule has 0 heterocycles. The molecule has 0 aromatic carbocycles. The van der Waals surface area contributed by atoms with Gasteiger partial charge in [-0.3, -0.25) is 0 Å². The monoisotopic (exact) mass is 643 g/mol. The first kappa shape index (κ1) is 57.3. The molecule has 0 heteroatoms. The van der Waals surface area contributed by atoms with E-state index >= 15 is 0 Å². The molecule has 4 aliphatic rings. The highest BCUT2D eigenvalue weighted by atomic mass is 14.3. The lowest BCUT2D eigenvalue weighted by Crippen LogP contribution is -2.18. The van der Waals surface area contributed by atoms with E-state index in [1.807, 2.05) is 0 Å². The minimum absolute atomic E-state index is 0. The van der Waals surface area contributed by atoms with Crippen LogP contribution in [0.3, 0.4) is 0 Å². The summed E-state index contributed by atoms with van der Waals surface area (Å²) in [6.45, 7) is 21.8. The average molecular weight is 643 g/mol. The van der Waals surface area contributed by atoms with Crippen molar-refractivity contribution in [2.75, 3.05) is 0 Å². The van der Waals surface area contributed by atoms with Crippen molar-refractivity contribution in [3.63, 3.8) is 0 Å². The molecule has 4 rings (SSSR count). The molecule has 0 nitrogen and oxygen atoms in total. The van der Waals surface area contributed by atoms with Gasteiger partial charge in [-0.2, -0.15) is 0 Å². The zero-order chi connectivity index (χ0) is 31.1. The Kier molecular flexibility index (Phi) is 56.0. The van der Waals surface area contributed by atoms with E-state index in [0.29, 0.717) is 0 Å². The van der Waals surface area contributed by atoms with Crippen LogP contribution in [-0.2, 0) is 0 Å². The molecule has 0 N–H and O–H groups in total. The van der Waals surface area contributed by atoms with Crippen LogP contribution in [0.4, 0.5) is 0 Å². The third kappa shape index (κ3) is 36.7. The van der Waals surface area contributed by atoms with E-state index in [1.54, 1.807) is 51.4 Å². The SMILES string of the molecule is C.C.C.C.CC1CCC(CC2CCCCC2)CC1.CCC.CCC.CCC.CCC.CCC1CCC(CC2CCCCC2)CC1. The summed E-state index contributed by atoms with van der Waals surface area (Å²) in [6.07, 6.45) is 37.2. The molecular formula is C45H102. The van der Waals surface area contributed by atoms with E-state index in [2.05, 4.69) is 69.2 Å². The van der Waals surface area contributed by atoms with Gasteiger partial charge in [-0.25, -0.2) is 0 Å². The van der Waals surface area contributed by atoms with Crippen LogP contribution in [0, 0.1) is 35.5 Å². The summed E-state index contributed by atoms with van der Waals surface area (Å²) < 4.78 is 0. The zero-order valence-electron chi connectivity index (χ0n) is 31.1. The second kappa shape index (κ2) is 44.0. The van der Waals surface area contributed by atoms with E-state index in [9.17, 15) is 0 Å². The molecule has 0 aromatic heterocycles. The highest BCUT2D eigenvalue weighted by molar-refractivity contribution is 4.77. The summed E-state index contributed by atoms with van der Waals surface area (Å²) in [5.41, 5.74) is 0. The normalized spacial score (nSPS) is 24.1. The Balaban J connectivity index is -0.000000118. The largest absolute Gasteiger partial charge is 0.0776 e. The van der Waals surface area contributed by atoms with Crippen LogP contribution in [-0.4, -0.2) is 0 Å². The van der Waals surface area contributed by atoms with Crippen LogP contribution < -0.4 is 0 Å². The Morgan fingerprint density at radius 1 is 0.311 bits per heavy atom. The minimum atomic E-state index is 0. The van der Waals surface area contributed by atoms with Crippen molar-refractivity contribution in [3.05, 3.63) is 0 Å². The highest BCUT2D eigenvalue weighted by Gasteiger charge is 2.24. The molecule has 0 atom stereocenters. The topological polar surface area (TPSA) is 0 Å².